The lowest BCUT2D eigenvalue weighted by molar-refractivity contribution is 0.0191. The van der Waals surface area contributed by atoms with Crippen LogP contribution in [-0.4, -0.2) is 29.9 Å². The van der Waals surface area contributed by atoms with E-state index in [-0.39, 0.29) is 24.5 Å². The van der Waals surface area contributed by atoms with Gasteiger partial charge < -0.3 is 10.5 Å². The normalized spacial score (nSPS) is 20.2. The smallest absolute Gasteiger partial charge is 0.261 e. The topological polar surface area (TPSA) is 72.6 Å². The minimum atomic E-state index is -0.284. The fourth-order valence-electron chi connectivity index (χ4n) is 3.03. The molecule has 2 aromatic rings. The van der Waals surface area contributed by atoms with Gasteiger partial charge in [-0.2, -0.15) is 0 Å². The van der Waals surface area contributed by atoms with Crippen molar-refractivity contribution in [1.29, 1.82) is 0 Å². The summed E-state index contributed by atoms with van der Waals surface area (Å²) in [6.07, 6.45) is 0.537. The van der Waals surface area contributed by atoms with E-state index in [4.69, 9.17) is 10.5 Å². The average Bonchev–Trinajstić information content (AvgIpc) is 3.01. The van der Waals surface area contributed by atoms with Crippen LogP contribution in [0.2, 0.25) is 0 Å². The first kappa shape index (κ1) is 13.5. The van der Waals surface area contributed by atoms with Crippen LogP contribution in [0.15, 0.2) is 30.3 Å². The number of fused-ring (bicyclic) bond motifs is 2. The van der Waals surface area contributed by atoms with Crippen LogP contribution in [0, 0.1) is 0 Å². The summed E-state index contributed by atoms with van der Waals surface area (Å²) < 4.78 is 5.78. The number of benzene rings is 1. The summed E-state index contributed by atoms with van der Waals surface area (Å²) in [6.45, 7) is 0.816. The second-order valence-electron chi connectivity index (χ2n) is 5.41. The molecule has 6 heteroatoms. The molecule has 2 aliphatic heterocycles. The van der Waals surface area contributed by atoms with Crippen molar-refractivity contribution in [3.63, 3.8) is 0 Å². The molecule has 2 aliphatic rings. The van der Waals surface area contributed by atoms with Gasteiger partial charge >= 0.3 is 0 Å². The monoisotopic (exact) mass is 314 g/mol. The molecule has 0 saturated heterocycles. The highest BCUT2D eigenvalue weighted by atomic mass is 32.1. The van der Waals surface area contributed by atoms with Gasteiger partial charge in [0, 0.05) is 4.88 Å². The predicted octanol–water partition coefficient (Wildman–Crippen LogP) is 2.24. The summed E-state index contributed by atoms with van der Waals surface area (Å²) in [7, 11) is 0. The first-order valence-electron chi connectivity index (χ1n) is 7.10. The SMILES string of the molecule is Nc1cc2c(s1)C(CN1C(=O)c3ccccc3C1=O)OCC2. The van der Waals surface area contributed by atoms with Gasteiger partial charge in [0.2, 0.25) is 0 Å². The molecule has 0 radical (unpaired) electrons. The summed E-state index contributed by atoms with van der Waals surface area (Å²) in [6, 6.07) is 8.86. The Morgan fingerprint density at radius 1 is 1.23 bits per heavy atom. The summed E-state index contributed by atoms with van der Waals surface area (Å²) in [4.78, 5) is 27.2. The number of ether oxygens (including phenoxy) is 1. The van der Waals surface area contributed by atoms with Crippen molar-refractivity contribution in [2.45, 2.75) is 12.5 Å². The van der Waals surface area contributed by atoms with E-state index in [1.807, 2.05) is 6.07 Å². The number of nitrogens with two attached hydrogens (primary N) is 1. The van der Waals surface area contributed by atoms with Crippen LogP contribution in [0.25, 0.3) is 0 Å². The summed E-state index contributed by atoms with van der Waals surface area (Å²) in [5.41, 5.74) is 7.96. The zero-order valence-electron chi connectivity index (χ0n) is 11.7. The first-order valence-corrected chi connectivity index (χ1v) is 7.91. The number of rotatable bonds is 2. The highest BCUT2D eigenvalue weighted by Crippen LogP contribution is 2.37. The molecule has 0 aliphatic carbocycles. The molecule has 112 valence electrons. The first-order chi connectivity index (χ1) is 10.6. The molecule has 2 amide bonds. The van der Waals surface area contributed by atoms with Crippen LogP contribution in [0.4, 0.5) is 5.00 Å². The van der Waals surface area contributed by atoms with Gasteiger partial charge in [-0.1, -0.05) is 12.1 Å². The van der Waals surface area contributed by atoms with Gasteiger partial charge in [0.15, 0.2) is 0 Å². The molecule has 0 saturated carbocycles. The maximum Gasteiger partial charge on any atom is 0.261 e. The predicted molar refractivity (Wildman–Crippen MR) is 82.9 cm³/mol. The van der Waals surface area contributed by atoms with Crippen LogP contribution in [-0.2, 0) is 11.2 Å². The number of amides is 2. The second-order valence-corrected chi connectivity index (χ2v) is 6.53. The molecule has 4 rings (SSSR count). The van der Waals surface area contributed by atoms with Crippen LogP contribution in [0.3, 0.4) is 0 Å². The molecule has 0 bridgehead atoms. The van der Waals surface area contributed by atoms with Gasteiger partial charge in [-0.15, -0.1) is 11.3 Å². The fraction of sp³-hybridized carbons (Fsp3) is 0.250. The van der Waals surface area contributed by atoms with Gasteiger partial charge in [-0.3, -0.25) is 14.5 Å². The maximum absolute atomic E-state index is 12.4. The van der Waals surface area contributed by atoms with Crippen LogP contribution in [0.1, 0.15) is 37.3 Å². The van der Waals surface area contributed by atoms with E-state index in [9.17, 15) is 9.59 Å². The molecular weight excluding hydrogens is 300 g/mol. The zero-order chi connectivity index (χ0) is 15.3. The number of anilines is 1. The molecular formula is C16H14N2O3S. The number of nitrogens with zero attached hydrogens (tertiary/aromatic N) is 1. The Balaban J connectivity index is 1.63. The molecule has 2 N–H and O–H groups in total. The lowest BCUT2D eigenvalue weighted by atomic mass is 10.1. The third-order valence-corrected chi connectivity index (χ3v) is 5.17. The van der Waals surface area contributed by atoms with Gasteiger partial charge in [0.1, 0.15) is 6.10 Å². The molecule has 0 fully saturated rings. The van der Waals surface area contributed by atoms with Crippen molar-refractivity contribution in [3.8, 4) is 0 Å². The van der Waals surface area contributed by atoms with E-state index in [2.05, 4.69) is 0 Å². The lowest BCUT2D eigenvalue weighted by Crippen LogP contribution is -2.35. The molecule has 22 heavy (non-hydrogen) atoms. The third-order valence-electron chi connectivity index (χ3n) is 4.07. The second kappa shape index (κ2) is 4.93. The number of thiophene rings is 1. The minimum absolute atomic E-state index is 0.235. The van der Waals surface area contributed by atoms with Crippen molar-refractivity contribution in [1.82, 2.24) is 4.90 Å². The van der Waals surface area contributed by atoms with E-state index in [0.29, 0.717) is 17.7 Å². The molecule has 1 unspecified atom stereocenters. The van der Waals surface area contributed by atoms with Crippen molar-refractivity contribution < 1.29 is 14.3 Å². The number of hydrogen-bond acceptors (Lipinski definition) is 5. The fourth-order valence-corrected chi connectivity index (χ4v) is 4.05. The highest BCUT2D eigenvalue weighted by Gasteiger charge is 2.38. The van der Waals surface area contributed by atoms with E-state index in [1.54, 1.807) is 24.3 Å². The number of carbonyl (C=O) groups excluding carboxylic acids is 2. The largest absolute Gasteiger partial charge is 0.391 e. The van der Waals surface area contributed by atoms with E-state index in [1.165, 1.54) is 16.2 Å². The van der Waals surface area contributed by atoms with Crippen molar-refractivity contribution in [3.05, 3.63) is 51.9 Å². The van der Waals surface area contributed by atoms with Gasteiger partial charge in [-0.05, 0) is 30.2 Å². The molecule has 3 heterocycles. The molecule has 0 spiro atoms. The maximum atomic E-state index is 12.4. The van der Waals surface area contributed by atoms with Gasteiger partial charge in [-0.25, -0.2) is 0 Å². The highest BCUT2D eigenvalue weighted by molar-refractivity contribution is 7.16. The minimum Gasteiger partial charge on any atom is -0.391 e. The number of nitrogen functional groups attached to an aromatic ring is 1. The van der Waals surface area contributed by atoms with Crippen LogP contribution < -0.4 is 5.73 Å². The number of hydrogen-bond donors (Lipinski definition) is 1. The summed E-state index contributed by atoms with van der Waals surface area (Å²) in [5, 5.41) is 0.739. The third kappa shape index (κ3) is 1.95. The lowest BCUT2D eigenvalue weighted by Gasteiger charge is -2.26. The summed E-state index contributed by atoms with van der Waals surface area (Å²) in [5.74, 6) is -0.498. The van der Waals surface area contributed by atoms with Crippen molar-refractivity contribution in [2.75, 3.05) is 18.9 Å². The Morgan fingerprint density at radius 3 is 2.59 bits per heavy atom. The van der Waals surface area contributed by atoms with Crippen molar-refractivity contribution >= 4 is 28.2 Å². The van der Waals surface area contributed by atoms with Gasteiger partial charge in [0.05, 0.1) is 29.3 Å². The Morgan fingerprint density at radius 2 is 1.91 bits per heavy atom. The summed E-state index contributed by atoms with van der Waals surface area (Å²) >= 11 is 1.47. The Labute approximate surface area is 131 Å². The average molecular weight is 314 g/mol. The standard InChI is InChI=1S/C16H14N2O3S/c17-13-7-9-5-6-21-12(14(9)22-13)8-18-15(19)10-3-1-2-4-11(10)16(18)20/h1-4,7,12H,5-6,8,17H2. The number of carbonyl (C=O) groups is 2. The quantitative estimate of drug-likeness (QED) is 0.863. The van der Waals surface area contributed by atoms with E-state index < -0.39 is 0 Å². The Kier molecular flexibility index (Phi) is 3.02. The molecule has 1 aromatic carbocycles. The van der Waals surface area contributed by atoms with Crippen LogP contribution >= 0.6 is 11.3 Å². The van der Waals surface area contributed by atoms with E-state index >= 15 is 0 Å². The van der Waals surface area contributed by atoms with Crippen molar-refractivity contribution in [2.24, 2.45) is 0 Å². The molecule has 5 nitrogen and oxygen atoms in total. The Hall–Kier alpha value is -2.18. The van der Waals surface area contributed by atoms with Crippen LogP contribution in [0.5, 0.6) is 0 Å². The van der Waals surface area contributed by atoms with Gasteiger partial charge in [0.25, 0.3) is 11.8 Å². The molecule has 1 aromatic heterocycles. The zero-order valence-corrected chi connectivity index (χ0v) is 12.6. The molecule has 1 atom stereocenters. The van der Waals surface area contributed by atoms with E-state index in [0.717, 1.165) is 21.9 Å². The Bertz CT molecular complexity index is 748. The number of imide groups is 1.